The third-order valence-corrected chi connectivity index (χ3v) is 7.21. The average Bonchev–Trinajstić information content (AvgIpc) is 3.32. The zero-order valence-corrected chi connectivity index (χ0v) is 18.6. The van der Waals surface area contributed by atoms with Crippen LogP contribution in [-0.4, -0.2) is 56.1 Å². The maximum atomic E-state index is 12.7. The summed E-state index contributed by atoms with van der Waals surface area (Å²) in [5, 5.41) is 14.1. The van der Waals surface area contributed by atoms with Gasteiger partial charge in [0.15, 0.2) is 0 Å². The van der Waals surface area contributed by atoms with E-state index < -0.39 is 15.9 Å². The second-order valence-electron chi connectivity index (χ2n) is 7.25. The topological polar surface area (TPSA) is 102 Å². The van der Waals surface area contributed by atoms with Crippen molar-refractivity contribution in [2.24, 2.45) is 5.10 Å². The average molecular weight is 445 g/mol. The molecular formula is C22H28N4O4S. The van der Waals surface area contributed by atoms with E-state index in [4.69, 9.17) is 0 Å². The predicted octanol–water partition coefficient (Wildman–Crippen LogP) is 2.79. The van der Waals surface area contributed by atoms with Gasteiger partial charge in [-0.15, -0.1) is 0 Å². The van der Waals surface area contributed by atoms with E-state index in [9.17, 15) is 18.3 Å². The zero-order valence-electron chi connectivity index (χ0n) is 17.8. The van der Waals surface area contributed by atoms with Gasteiger partial charge in [-0.2, -0.15) is 9.41 Å². The summed E-state index contributed by atoms with van der Waals surface area (Å²) in [4.78, 5) is 14.6. The Morgan fingerprint density at radius 1 is 1.16 bits per heavy atom. The Morgan fingerprint density at radius 2 is 1.87 bits per heavy atom. The van der Waals surface area contributed by atoms with Gasteiger partial charge in [-0.1, -0.05) is 6.07 Å². The van der Waals surface area contributed by atoms with Gasteiger partial charge in [0.2, 0.25) is 10.0 Å². The van der Waals surface area contributed by atoms with Crippen LogP contribution in [0, 0.1) is 0 Å². The molecular weight excluding hydrogens is 416 g/mol. The summed E-state index contributed by atoms with van der Waals surface area (Å²) in [7, 11) is -3.60. The van der Waals surface area contributed by atoms with Gasteiger partial charge < -0.3 is 10.0 Å². The van der Waals surface area contributed by atoms with Crippen molar-refractivity contribution >= 4 is 27.8 Å². The fraction of sp³-hybridized carbons (Fsp3) is 0.364. The number of amides is 1. The molecule has 2 aromatic rings. The fourth-order valence-electron chi connectivity index (χ4n) is 3.53. The number of carbonyl (C=O) groups is 1. The molecule has 0 atom stereocenters. The van der Waals surface area contributed by atoms with Crippen LogP contribution < -0.4 is 10.3 Å². The van der Waals surface area contributed by atoms with Crippen LogP contribution in [-0.2, 0) is 10.0 Å². The van der Waals surface area contributed by atoms with Gasteiger partial charge in [0.1, 0.15) is 5.75 Å². The quantitative estimate of drug-likeness (QED) is 0.482. The molecule has 0 bridgehead atoms. The van der Waals surface area contributed by atoms with Crippen molar-refractivity contribution < 1.29 is 18.3 Å². The van der Waals surface area contributed by atoms with Crippen molar-refractivity contribution in [3.05, 3.63) is 53.6 Å². The summed E-state index contributed by atoms with van der Waals surface area (Å²) in [5.41, 5.74) is 3.94. The van der Waals surface area contributed by atoms with E-state index in [1.54, 1.807) is 18.2 Å². The standard InChI is InChI=1S/C22H28N4O4S/c1-3-25(4-2)19-11-10-18(21(27)15-19)16-23-24-22(28)17-8-7-9-20(14-17)31(29,30)26-12-5-6-13-26/h7-11,14-16,27H,3-6,12-13H2,1-2H3,(H,24,28). The Kier molecular flexibility index (Phi) is 7.29. The summed E-state index contributed by atoms with van der Waals surface area (Å²) in [5.74, 6) is -0.477. The van der Waals surface area contributed by atoms with Crippen LogP contribution >= 0.6 is 0 Å². The minimum atomic E-state index is -3.60. The smallest absolute Gasteiger partial charge is 0.271 e. The molecule has 9 heteroatoms. The van der Waals surface area contributed by atoms with Crippen molar-refractivity contribution in [3.8, 4) is 5.75 Å². The number of benzene rings is 2. The Hall–Kier alpha value is -2.91. The number of aromatic hydroxyl groups is 1. The number of phenolic OH excluding ortho intramolecular Hbond substituents is 1. The van der Waals surface area contributed by atoms with Crippen molar-refractivity contribution in [1.29, 1.82) is 0 Å². The number of rotatable bonds is 8. The van der Waals surface area contributed by atoms with Crippen molar-refractivity contribution in [2.75, 3.05) is 31.1 Å². The lowest BCUT2D eigenvalue weighted by Gasteiger charge is -2.21. The number of hydrogen-bond donors (Lipinski definition) is 2. The minimum Gasteiger partial charge on any atom is -0.507 e. The van der Waals surface area contributed by atoms with Crippen LogP contribution in [0.3, 0.4) is 0 Å². The molecule has 1 heterocycles. The molecule has 0 spiro atoms. The van der Waals surface area contributed by atoms with E-state index in [-0.39, 0.29) is 16.2 Å². The van der Waals surface area contributed by atoms with Gasteiger partial charge in [-0.05, 0) is 57.0 Å². The zero-order chi connectivity index (χ0) is 22.4. The summed E-state index contributed by atoms with van der Waals surface area (Å²) in [6.45, 7) is 6.73. The molecule has 0 unspecified atom stereocenters. The van der Waals surface area contributed by atoms with E-state index in [1.807, 2.05) is 19.9 Å². The summed E-state index contributed by atoms with van der Waals surface area (Å²) in [6.07, 6.45) is 3.04. The van der Waals surface area contributed by atoms with Crippen LogP contribution in [0.4, 0.5) is 5.69 Å². The van der Waals surface area contributed by atoms with Gasteiger partial charge in [0, 0.05) is 49.1 Å². The number of nitrogens with zero attached hydrogens (tertiary/aromatic N) is 3. The Bertz CT molecular complexity index is 1060. The molecule has 0 aliphatic carbocycles. The second kappa shape index (κ2) is 9.93. The van der Waals surface area contributed by atoms with E-state index in [2.05, 4.69) is 15.4 Å². The highest BCUT2D eigenvalue weighted by Gasteiger charge is 2.27. The molecule has 0 radical (unpaired) electrons. The van der Waals surface area contributed by atoms with Crippen LogP contribution in [0.25, 0.3) is 0 Å². The Labute approximate surface area is 183 Å². The van der Waals surface area contributed by atoms with E-state index in [0.717, 1.165) is 31.6 Å². The van der Waals surface area contributed by atoms with Crippen molar-refractivity contribution in [3.63, 3.8) is 0 Å². The highest BCUT2D eigenvalue weighted by molar-refractivity contribution is 7.89. The predicted molar refractivity (Wildman–Crippen MR) is 121 cm³/mol. The van der Waals surface area contributed by atoms with Crippen molar-refractivity contribution in [2.45, 2.75) is 31.6 Å². The Morgan fingerprint density at radius 3 is 2.52 bits per heavy atom. The molecule has 8 nitrogen and oxygen atoms in total. The number of sulfonamides is 1. The maximum Gasteiger partial charge on any atom is 0.271 e. The fourth-order valence-corrected chi connectivity index (χ4v) is 5.09. The van der Waals surface area contributed by atoms with Crippen LogP contribution in [0.2, 0.25) is 0 Å². The molecule has 2 N–H and O–H groups in total. The third kappa shape index (κ3) is 5.23. The minimum absolute atomic E-state index is 0.0566. The lowest BCUT2D eigenvalue weighted by Crippen LogP contribution is -2.28. The maximum absolute atomic E-state index is 12.7. The molecule has 0 aromatic heterocycles. The number of carbonyl (C=O) groups excluding carboxylic acids is 1. The highest BCUT2D eigenvalue weighted by Crippen LogP contribution is 2.24. The SMILES string of the molecule is CCN(CC)c1ccc(C=NNC(=O)c2cccc(S(=O)(=O)N3CCCC3)c2)c(O)c1. The van der Waals surface area contributed by atoms with Gasteiger partial charge in [-0.25, -0.2) is 13.8 Å². The second-order valence-corrected chi connectivity index (χ2v) is 9.19. The van der Waals surface area contributed by atoms with E-state index in [0.29, 0.717) is 18.7 Å². The first-order valence-electron chi connectivity index (χ1n) is 10.4. The van der Waals surface area contributed by atoms with Crippen LogP contribution in [0.15, 0.2) is 52.5 Å². The van der Waals surface area contributed by atoms with Crippen molar-refractivity contribution in [1.82, 2.24) is 9.73 Å². The highest BCUT2D eigenvalue weighted by atomic mass is 32.2. The lowest BCUT2D eigenvalue weighted by atomic mass is 10.2. The molecule has 1 fully saturated rings. The number of hydrogen-bond acceptors (Lipinski definition) is 6. The summed E-state index contributed by atoms with van der Waals surface area (Å²) in [6, 6.07) is 11.2. The molecule has 1 aliphatic heterocycles. The largest absolute Gasteiger partial charge is 0.507 e. The molecule has 1 saturated heterocycles. The van der Waals surface area contributed by atoms with E-state index in [1.165, 1.54) is 28.7 Å². The molecule has 166 valence electrons. The number of nitrogens with one attached hydrogen (secondary N) is 1. The molecule has 3 rings (SSSR count). The van der Waals surface area contributed by atoms with Gasteiger partial charge in [-0.3, -0.25) is 4.79 Å². The monoisotopic (exact) mass is 444 g/mol. The van der Waals surface area contributed by atoms with Crippen LogP contribution in [0.5, 0.6) is 5.75 Å². The number of phenols is 1. The number of anilines is 1. The number of hydrazone groups is 1. The first-order valence-corrected chi connectivity index (χ1v) is 11.8. The van der Waals surface area contributed by atoms with E-state index >= 15 is 0 Å². The third-order valence-electron chi connectivity index (χ3n) is 5.31. The summed E-state index contributed by atoms with van der Waals surface area (Å²) < 4.78 is 26.8. The molecule has 0 saturated carbocycles. The normalized spacial score (nSPS) is 14.8. The molecule has 1 amide bonds. The van der Waals surface area contributed by atoms with Gasteiger partial charge in [0.25, 0.3) is 5.91 Å². The lowest BCUT2D eigenvalue weighted by molar-refractivity contribution is 0.0955. The Balaban J connectivity index is 1.69. The molecule has 31 heavy (non-hydrogen) atoms. The molecule has 2 aromatic carbocycles. The first kappa shape index (κ1) is 22.8. The first-order chi connectivity index (χ1) is 14.9. The van der Waals surface area contributed by atoms with Gasteiger partial charge >= 0.3 is 0 Å². The summed E-state index contributed by atoms with van der Waals surface area (Å²) >= 11 is 0. The van der Waals surface area contributed by atoms with Crippen LogP contribution in [0.1, 0.15) is 42.6 Å². The van der Waals surface area contributed by atoms with Gasteiger partial charge in [0.05, 0.1) is 11.1 Å². The molecule has 1 aliphatic rings.